The zero-order valence-electron chi connectivity index (χ0n) is 23.8. The Labute approximate surface area is 256 Å². The molecule has 0 saturated heterocycles. The molecule has 1 aliphatic carbocycles. The molecule has 7 aromatic rings. The molecule has 0 fully saturated rings. The average molecular weight is 557 g/mol. The maximum Gasteiger partial charge on any atom is 0.0991 e. The summed E-state index contributed by atoms with van der Waals surface area (Å²) in [5.41, 5.74) is 15.1. The van der Waals surface area contributed by atoms with Crippen LogP contribution in [0.15, 0.2) is 146 Å². The van der Waals surface area contributed by atoms with E-state index in [1.165, 1.54) is 44.2 Å². The molecule has 44 heavy (non-hydrogen) atoms. The Kier molecular flexibility index (Phi) is 5.94. The fraction of sp³-hybridized carbons (Fsp3) is 0. The van der Waals surface area contributed by atoms with Crippen LogP contribution in [0.5, 0.6) is 0 Å². The van der Waals surface area contributed by atoms with E-state index in [0.717, 1.165) is 33.4 Å². The van der Waals surface area contributed by atoms with Crippen LogP contribution in [0, 0.1) is 22.7 Å². The minimum atomic E-state index is 0.638. The normalized spacial score (nSPS) is 11.1. The van der Waals surface area contributed by atoms with Gasteiger partial charge in [-0.25, -0.2) is 0 Å². The fourth-order valence-corrected chi connectivity index (χ4v) is 6.65. The number of fused-ring (bicyclic) bond motifs is 3. The summed E-state index contributed by atoms with van der Waals surface area (Å²) >= 11 is 0. The molecule has 202 valence electrons. The van der Waals surface area contributed by atoms with Crippen molar-refractivity contribution in [1.82, 2.24) is 0 Å². The molecule has 7 aromatic carbocycles. The molecule has 2 nitrogen and oxygen atoms in total. The van der Waals surface area contributed by atoms with Crippen molar-refractivity contribution in [2.45, 2.75) is 0 Å². The van der Waals surface area contributed by atoms with Crippen LogP contribution < -0.4 is 0 Å². The average Bonchev–Trinajstić information content (AvgIpc) is 3.44. The van der Waals surface area contributed by atoms with Gasteiger partial charge >= 0.3 is 0 Å². The molecule has 0 saturated carbocycles. The molecule has 8 rings (SSSR count). The second-order valence-electron chi connectivity index (χ2n) is 11.1. The molecule has 0 aromatic heterocycles. The second-order valence-corrected chi connectivity index (χ2v) is 11.1. The first kappa shape index (κ1) is 25.5. The van der Waals surface area contributed by atoms with Gasteiger partial charge in [-0.05, 0) is 108 Å². The smallest absolute Gasteiger partial charge is 0.0991 e. The number of hydrogen-bond donors (Lipinski definition) is 0. The van der Waals surface area contributed by atoms with Gasteiger partial charge in [0.05, 0.1) is 23.3 Å². The summed E-state index contributed by atoms with van der Waals surface area (Å²) in [6.45, 7) is 0. The van der Waals surface area contributed by atoms with Crippen LogP contribution in [0.25, 0.3) is 77.5 Å². The van der Waals surface area contributed by atoms with E-state index in [2.05, 4.69) is 127 Å². The highest BCUT2D eigenvalue weighted by atomic mass is 14.3. The van der Waals surface area contributed by atoms with Crippen molar-refractivity contribution < 1.29 is 0 Å². The molecule has 0 atom stereocenters. The summed E-state index contributed by atoms with van der Waals surface area (Å²) in [5, 5.41) is 21.5. The van der Waals surface area contributed by atoms with Crippen LogP contribution in [0.2, 0.25) is 0 Å². The molecule has 0 heterocycles. The predicted molar refractivity (Wildman–Crippen MR) is 180 cm³/mol. The SMILES string of the molecule is N#Cc1ccc(-c2cc(-c3ccc(-c4ccccc4)cc3)c(-c3ccc(C#N)cc3)c3c2-c2cccc4cccc-3c24)cc1. The van der Waals surface area contributed by atoms with E-state index in [1.807, 2.05) is 30.3 Å². The molecule has 0 aliphatic heterocycles. The van der Waals surface area contributed by atoms with E-state index in [4.69, 9.17) is 0 Å². The molecule has 0 N–H and O–H groups in total. The van der Waals surface area contributed by atoms with Crippen LogP contribution in [0.3, 0.4) is 0 Å². The van der Waals surface area contributed by atoms with Gasteiger partial charge in [0.1, 0.15) is 0 Å². The molecule has 1 aliphatic rings. The van der Waals surface area contributed by atoms with E-state index in [0.29, 0.717) is 11.1 Å². The third-order valence-electron chi connectivity index (χ3n) is 8.70. The summed E-state index contributed by atoms with van der Waals surface area (Å²) < 4.78 is 0. The first-order valence-electron chi connectivity index (χ1n) is 14.6. The van der Waals surface area contributed by atoms with Crippen LogP contribution in [-0.2, 0) is 0 Å². The standard InChI is InChI=1S/C42H24N2/c43-25-27-12-16-31(17-13-27)38-24-37(32-22-20-30(21-23-32)29-6-2-1-3-7-29)40(34-18-14-28(26-44)15-19-34)42-36-11-5-9-33-8-4-10-35(39(33)36)41(38)42/h1-24H. The Balaban J connectivity index is 1.47. The van der Waals surface area contributed by atoms with Crippen molar-refractivity contribution in [2.75, 3.05) is 0 Å². The molecular weight excluding hydrogens is 532 g/mol. The molecule has 0 radical (unpaired) electrons. The maximum atomic E-state index is 9.56. The minimum absolute atomic E-state index is 0.638. The lowest BCUT2D eigenvalue weighted by atomic mass is 9.82. The van der Waals surface area contributed by atoms with Gasteiger partial charge in [-0.3, -0.25) is 0 Å². The monoisotopic (exact) mass is 556 g/mol. The zero-order valence-corrected chi connectivity index (χ0v) is 23.8. The minimum Gasteiger partial charge on any atom is -0.192 e. The highest BCUT2D eigenvalue weighted by Gasteiger charge is 2.30. The lowest BCUT2D eigenvalue weighted by Gasteiger charge is -2.21. The molecule has 0 bridgehead atoms. The summed E-state index contributed by atoms with van der Waals surface area (Å²) in [6.07, 6.45) is 0. The van der Waals surface area contributed by atoms with Crippen molar-refractivity contribution in [3.63, 3.8) is 0 Å². The van der Waals surface area contributed by atoms with Crippen molar-refractivity contribution in [3.05, 3.63) is 157 Å². The van der Waals surface area contributed by atoms with Crippen molar-refractivity contribution >= 4 is 10.8 Å². The third kappa shape index (κ3) is 4.02. The van der Waals surface area contributed by atoms with Gasteiger partial charge in [-0.15, -0.1) is 0 Å². The molecule has 0 unspecified atom stereocenters. The predicted octanol–water partition coefficient (Wildman–Crippen LogP) is 10.9. The van der Waals surface area contributed by atoms with Crippen LogP contribution in [-0.4, -0.2) is 0 Å². The number of nitriles is 2. The number of nitrogens with zero attached hydrogens (tertiary/aromatic N) is 2. The largest absolute Gasteiger partial charge is 0.192 e. The van der Waals surface area contributed by atoms with Gasteiger partial charge in [-0.1, -0.05) is 115 Å². The van der Waals surface area contributed by atoms with Crippen LogP contribution in [0.4, 0.5) is 0 Å². The van der Waals surface area contributed by atoms with Gasteiger partial charge in [0.25, 0.3) is 0 Å². The van der Waals surface area contributed by atoms with E-state index >= 15 is 0 Å². The van der Waals surface area contributed by atoms with Gasteiger partial charge in [0.15, 0.2) is 0 Å². The lowest BCUT2D eigenvalue weighted by Crippen LogP contribution is -1.95. The van der Waals surface area contributed by atoms with Crippen LogP contribution in [0.1, 0.15) is 11.1 Å². The van der Waals surface area contributed by atoms with Gasteiger partial charge in [0.2, 0.25) is 0 Å². The third-order valence-corrected chi connectivity index (χ3v) is 8.70. The number of hydrogen-bond acceptors (Lipinski definition) is 2. The van der Waals surface area contributed by atoms with Crippen molar-refractivity contribution in [1.29, 1.82) is 10.5 Å². The van der Waals surface area contributed by atoms with E-state index in [1.54, 1.807) is 0 Å². The van der Waals surface area contributed by atoms with Gasteiger partial charge < -0.3 is 0 Å². The van der Waals surface area contributed by atoms with E-state index in [9.17, 15) is 10.5 Å². The topological polar surface area (TPSA) is 47.6 Å². The van der Waals surface area contributed by atoms with Crippen molar-refractivity contribution in [3.8, 4) is 78.9 Å². The quantitative estimate of drug-likeness (QED) is 0.216. The van der Waals surface area contributed by atoms with E-state index < -0.39 is 0 Å². The summed E-state index contributed by atoms with van der Waals surface area (Å²) in [5.74, 6) is 0. The summed E-state index contributed by atoms with van der Waals surface area (Å²) in [6, 6.07) is 55.0. The molecular formula is C42H24N2. The Morgan fingerprint density at radius 3 is 1.41 bits per heavy atom. The molecule has 0 spiro atoms. The van der Waals surface area contributed by atoms with Gasteiger partial charge in [-0.2, -0.15) is 10.5 Å². The van der Waals surface area contributed by atoms with Crippen LogP contribution >= 0.6 is 0 Å². The highest BCUT2D eigenvalue weighted by molar-refractivity contribution is 6.22. The summed E-state index contributed by atoms with van der Waals surface area (Å²) in [4.78, 5) is 0. The Morgan fingerprint density at radius 2 is 0.818 bits per heavy atom. The van der Waals surface area contributed by atoms with Gasteiger partial charge in [0, 0.05) is 0 Å². The fourth-order valence-electron chi connectivity index (χ4n) is 6.65. The highest BCUT2D eigenvalue weighted by Crippen LogP contribution is 2.57. The lowest BCUT2D eigenvalue weighted by molar-refractivity contribution is 1.48. The zero-order chi connectivity index (χ0) is 29.6. The second kappa shape index (κ2) is 10.2. The van der Waals surface area contributed by atoms with E-state index in [-0.39, 0.29) is 0 Å². The molecule has 2 heteroatoms. The molecule has 0 amide bonds. The first-order valence-corrected chi connectivity index (χ1v) is 14.6. The summed E-state index contributed by atoms with van der Waals surface area (Å²) in [7, 11) is 0. The maximum absolute atomic E-state index is 9.56. The Hall–Kier alpha value is -6.22. The van der Waals surface area contributed by atoms with Crippen molar-refractivity contribution in [2.24, 2.45) is 0 Å². The number of rotatable bonds is 4. The first-order chi connectivity index (χ1) is 21.7. The Bertz CT molecular complexity index is 2290. The number of benzene rings is 7. The Morgan fingerprint density at radius 1 is 0.341 bits per heavy atom.